The fourth-order valence-electron chi connectivity index (χ4n) is 2.59. The van der Waals surface area contributed by atoms with E-state index in [-0.39, 0.29) is 17.6 Å². The van der Waals surface area contributed by atoms with Crippen LogP contribution in [0.1, 0.15) is 24.9 Å². The molecule has 120 valence electrons. The Hall–Kier alpha value is -2.21. The van der Waals surface area contributed by atoms with Crippen LogP contribution >= 0.6 is 11.3 Å². The Balaban J connectivity index is 1.61. The highest BCUT2D eigenvalue weighted by atomic mass is 32.1. The van der Waals surface area contributed by atoms with Gasteiger partial charge in [-0.15, -0.1) is 11.3 Å². The number of rotatable bonds is 2. The van der Waals surface area contributed by atoms with Gasteiger partial charge in [0.2, 0.25) is 0 Å². The maximum Gasteiger partial charge on any atom is 0.264 e. The number of benzene rings is 1. The van der Waals surface area contributed by atoms with Gasteiger partial charge in [0.1, 0.15) is 5.82 Å². The van der Waals surface area contributed by atoms with E-state index in [1.54, 1.807) is 9.80 Å². The van der Waals surface area contributed by atoms with E-state index in [1.807, 2.05) is 19.1 Å². The fraction of sp³-hybridized carbons (Fsp3) is 0.294. The molecule has 1 aromatic heterocycles. The third-order valence-corrected chi connectivity index (χ3v) is 4.89. The Morgan fingerprint density at radius 2 is 1.48 bits per heavy atom. The number of carbonyl (C=O) groups excluding carboxylic acids is 2. The zero-order valence-electron chi connectivity index (χ0n) is 12.8. The molecule has 0 radical (unpaired) electrons. The Kier molecular flexibility index (Phi) is 4.43. The van der Waals surface area contributed by atoms with Gasteiger partial charge in [0.05, 0.1) is 4.88 Å². The van der Waals surface area contributed by atoms with Crippen molar-refractivity contribution >= 4 is 23.2 Å². The number of aryl methyl sites for hydroxylation is 1. The van der Waals surface area contributed by atoms with Crippen molar-refractivity contribution in [1.82, 2.24) is 9.80 Å². The lowest BCUT2D eigenvalue weighted by Crippen LogP contribution is -2.50. The standard InChI is InChI=1S/C17H17FN2O2S/c1-12-2-7-15(23-12)17(22)20-10-8-19(9-11-20)16(21)13-3-5-14(18)6-4-13/h2-7H,8-11H2,1H3. The summed E-state index contributed by atoms with van der Waals surface area (Å²) in [5.41, 5.74) is 0.472. The Bertz CT molecular complexity index is 718. The second kappa shape index (κ2) is 6.50. The van der Waals surface area contributed by atoms with Crippen molar-refractivity contribution in [2.24, 2.45) is 0 Å². The van der Waals surface area contributed by atoms with E-state index in [2.05, 4.69) is 0 Å². The average molecular weight is 332 g/mol. The molecule has 0 N–H and O–H groups in total. The molecular formula is C17H17FN2O2S. The SMILES string of the molecule is Cc1ccc(C(=O)N2CCN(C(=O)c3ccc(F)cc3)CC2)s1. The highest BCUT2D eigenvalue weighted by molar-refractivity contribution is 7.13. The van der Waals surface area contributed by atoms with Crippen LogP contribution in [0.3, 0.4) is 0 Å². The molecule has 1 saturated heterocycles. The van der Waals surface area contributed by atoms with Crippen LogP contribution in [0.4, 0.5) is 4.39 Å². The van der Waals surface area contributed by atoms with Gasteiger partial charge in [-0.1, -0.05) is 0 Å². The summed E-state index contributed by atoms with van der Waals surface area (Å²) in [6.07, 6.45) is 0. The molecule has 3 rings (SSSR count). The zero-order chi connectivity index (χ0) is 16.4. The third kappa shape index (κ3) is 3.42. The van der Waals surface area contributed by atoms with Crippen LogP contribution in [-0.4, -0.2) is 47.8 Å². The molecule has 1 aliphatic heterocycles. The second-order valence-corrected chi connectivity index (χ2v) is 6.79. The van der Waals surface area contributed by atoms with Gasteiger partial charge in [0.25, 0.3) is 11.8 Å². The number of halogens is 1. The molecule has 2 amide bonds. The minimum atomic E-state index is -0.358. The van der Waals surface area contributed by atoms with E-state index in [4.69, 9.17) is 0 Å². The van der Waals surface area contributed by atoms with Gasteiger partial charge in [-0.25, -0.2) is 4.39 Å². The van der Waals surface area contributed by atoms with Crippen molar-refractivity contribution in [3.8, 4) is 0 Å². The van der Waals surface area contributed by atoms with Crippen LogP contribution in [0, 0.1) is 12.7 Å². The quantitative estimate of drug-likeness (QED) is 0.848. The number of nitrogens with zero attached hydrogens (tertiary/aromatic N) is 2. The summed E-state index contributed by atoms with van der Waals surface area (Å²) in [4.78, 5) is 30.1. The molecule has 1 aromatic carbocycles. The average Bonchev–Trinajstić information content (AvgIpc) is 3.01. The molecular weight excluding hydrogens is 315 g/mol. The largest absolute Gasteiger partial charge is 0.335 e. The maximum atomic E-state index is 12.9. The van der Waals surface area contributed by atoms with Gasteiger partial charge < -0.3 is 9.80 Å². The van der Waals surface area contributed by atoms with Gasteiger partial charge in [0.15, 0.2) is 0 Å². The first-order valence-electron chi connectivity index (χ1n) is 7.45. The van der Waals surface area contributed by atoms with Crippen LogP contribution < -0.4 is 0 Å². The zero-order valence-corrected chi connectivity index (χ0v) is 13.6. The maximum absolute atomic E-state index is 12.9. The normalized spacial score (nSPS) is 14.9. The lowest BCUT2D eigenvalue weighted by molar-refractivity contribution is 0.0538. The number of piperazine rings is 1. The van der Waals surface area contributed by atoms with Gasteiger partial charge in [-0.3, -0.25) is 9.59 Å². The summed E-state index contributed by atoms with van der Waals surface area (Å²) in [5.74, 6) is -0.454. The minimum Gasteiger partial charge on any atom is -0.335 e. The summed E-state index contributed by atoms with van der Waals surface area (Å²) in [5, 5.41) is 0. The molecule has 4 nitrogen and oxygen atoms in total. The van der Waals surface area contributed by atoms with Gasteiger partial charge in [0, 0.05) is 36.6 Å². The second-order valence-electron chi connectivity index (χ2n) is 5.50. The van der Waals surface area contributed by atoms with Gasteiger partial charge >= 0.3 is 0 Å². The van der Waals surface area contributed by atoms with Crippen molar-refractivity contribution in [2.45, 2.75) is 6.92 Å². The number of carbonyl (C=O) groups is 2. The van der Waals surface area contributed by atoms with Gasteiger partial charge in [-0.2, -0.15) is 0 Å². The lowest BCUT2D eigenvalue weighted by atomic mass is 10.1. The summed E-state index contributed by atoms with van der Waals surface area (Å²) in [6, 6.07) is 9.33. The van der Waals surface area contributed by atoms with Crippen LogP contribution in [0.5, 0.6) is 0 Å². The van der Waals surface area contributed by atoms with E-state index < -0.39 is 0 Å². The van der Waals surface area contributed by atoms with Crippen molar-refractivity contribution in [1.29, 1.82) is 0 Å². The molecule has 0 atom stereocenters. The monoisotopic (exact) mass is 332 g/mol. The first kappa shape index (κ1) is 15.7. The molecule has 2 aromatic rings. The van der Waals surface area contributed by atoms with Gasteiger partial charge in [-0.05, 0) is 43.3 Å². The first-order chi connectivity index (χ1) is 11.0. The highest BCUT2D eigenvalue weighted by Gasteiger charge is 2.26. The molecule has 1 fully saturated rings. The number of thiophene rings is 1. The fourth-order valence-corrected chi connectivity index (χ4v) is 3.43. The van der Waals surface area contributed by atoms with E-state index in [9.17, 15) is 14.0 Å². The Morgan fingerprint density at radius 1 is 0.913 bits per heavy atom. The molecule has 0 unspecified atom stereocenters. The van der Waals surface area contributed by atoms with Crippen molar-refractivity contribution in [3.05, 3.63) is 57.5 Å². The molecule has 23 heavy (non-hydrogen) atoms. The van der Waals surface area contributed by atoms with Crippen LogP contribution in [0.15, 0.2) is 36.4 Å². The van der Waals surface area contributed by atoms with E-state index >= 15 is 0 Å². The van der Waals surface area contributed by atoms with Crippen molar-refractivity contribution in [3.63, 3.8) is 0 Å². The van der Waals surface area contributed by atoms with Crippen molar-refractivity contribution < 1.29 is 14.0 Å². The predicted molar refractivity (Wildman–Crippen MR) is 87.3 cm³/mol. The summed E-state index contributed by atoms with van der Waals surface area (Å²) in [6.45, 7) is 3.99. The van der Waals surface area contributed by atoms with Crippen molar-refractivity contribution in [2.75, 3.05) is 26.2 Å². The Morgan fingerprint density at radius 3 is 2.00 bits per heavy atom. The number of hydrogen-bond acceptors (Lipinski definition) is 3. The molecule has 0 saturated carbocycles. The number of hydrogen-bond donors (Lipinski definition) is 0. The molecule has 2 heterocycles. The van der Waals surface area contributed by atoms with Crippen LogP contribution in [-0.2, 0) is 0 Å². The minimum absolute atomic E-state index is 0.0250. The summed E-state index contributed by atoms with van der Waals surface area (Å²) in [7, 11) is 0. The van der Waals surface area contributed by atoms with Crippen LogP contribution in [0.25, 0.3) is 0 Å². The molecule has 6 heteroatoms. The highest BCUT2D eigenvalue weighted by Crippen LogP contribution is 2.18. The molecule has 0 bridgehead atoms. The topological polar surface area (TPSA) is 40.6 Å². The Labute approximate surface area is 138 Å². The van der Waals surface area contributed by atoms with E-state index in [0.717, 1.165) is 9.75 Å². The predicted octanol–water partition coefficient (Wildman–Crippen LogP) is 2.79. The lowest BCUT2D eigenvalue weighted by Gasteiger charge is -2.34. The number of amides is 2. The van der Waals surface area contributed by atoms with E-state index in [0.29, 0.717) is 31.7 Å². The summed E-state index contributed by atoms with van der Waals surface area (Å²) < 4.78 is 12.9. The molecule has 0 aliphatic carbocycles. The van der Waals surface area contributed by atoms with E-state index in [1.165, 1.54) is 35.6 Å². The molecule has 0 spiro atoms. The smallest absolute Gasteiger partial charge is 0.264 e. The molecule has 1 aliphatic rings. The summed E-state index contributed by atoms with van der Waals surface area (Å²) >= 11 is 1.49. The first-order valence-corrected chi connectivity index (χ1v) is 8.27. The van der Waals surface area contributed by atoms with Crippen LogP contribution in [0.2, 0.25) is 0 Å². The third-order valence-electron chi connectivity index (χ3n) is 3.90.